The Bertz CT molecular complexity index is 1530. The predicted octanol–water partition coefficient (Wildman–Crippen LogP) is 6.94. The van der Waals surface area contributed by atoms with Crippen LogP contribution in [0.5, 0.6) is 5.75 Å². The van der Waals surface area contributed by atoms with Crippen LogP contribution in [-0.4, -0.2) is 26.7 Å². The quantitative estimate of drug-likeness (QED) is 0.216. The minimum Gasteiger partial charge on any atom is -0.489 e. The number of carbonyl (C=O) groups excluding carboxylic acids is 1. The lowest BCUT2D eigenvalue weighted by Gasteiger charge is -2.12. The molecule has 1 heterocycles. The Hall–Kier alpha value is -3.53. The van der Waals surface area contributed by atoms with E-state index in [9.17, 15) is 13.2 Å². The second-order valence-corrected chi connectivity index (χ2v) is 11.1. The fourth-order valence-corrected chi connectivity index (χ4v) is 5.35. The molecule has 0 aliphatic heterocycles. The molecule has 198 valence electrons. The highest BCUT2D eigenvalue weighted by Gasteiger charge is 2.24. The number of methoxy groups -OCH3 is 1. The normalized spacial score (nSPS) is 11.4. The number of esters is 1. The van der Waals surface area contributed by atoms with Gasteiger partial charge in [0, 0.05) is 17.2 Å². The van der Waals surface area contributed by atoms with Crippen LogP contribution in [0.2, 0.25) is 10.0 Å². The van der Waals surface area contributed by atoms with Crippen molar-refractivity contribution >= 4 is 44.9 Å². The van der Waals surface area contributed by atoms with Gasteiger partial charge in [0.1, 0.15) is 23.8 Å². The van der Waals surface area contributed by atoms with E-state index in [2.05, 4.69) is 14.6 Å². The van der Waals surface area contributed by atoms with Crippen molar-refractivity contribution in [1.29, 1.82) is 0 Å². The third-order valence-corrected chi connectivity index (χ3v) is 7.65. The first-order valence-corrected chi connectivity index (χ1v) is 13.7. The van der Waals surface area contributed by atoms with Crippen molar-refractivity contribution in [3.05, 3.63) is 93.7 Å². The molecular formula is C27H24Cl2N2O6S. The van der Waals surface area contributed by atoms with Crippen molar-refractivity contribution in [3.63, 3.8) is 0 Å². The zero-order chi connectivity index (χ0) is 27.4. The van der Waals surface area contributed by atoms with Crippen molar-refractivity contribution in [2.24, 2.45) is 0 Å². The van der Waals surface area contributed by atoms with Gasteiger partial charge in [0.25, 0.3) is 10.0 Å². The molecule has 4 rings (SSSR count). The second-order valence-electron chi connectivity index (χ2n) is 8.56. The van der Waals surface area contributed by atoms with Crippen LogP contribution < -0.4 is 9.46 Å². The number of rotatable bonds is 9. The molecular weight excluding hydrogens is 551 g/mol. The van der Waals surface area contributed by atoms with Gasteiger partial charge in [-0.25, -0.2) is 13.2 Å². The Morgan fingerprint density at radius 3 is 2.21 bits per heavy atom. The van der Waals surface area contributed by atoms with Crippen LogP contribution in [0.4, 0.5) is 5.69 Å². The first-order chi connectivity index (χ1) is 18.1. The number of anilines is 1. The van der Waals surface area contributed by atoms with Gasteiger partial charge in [0.2, 0.25) is 0 Å². The molecule has 0 spiro atoms. The number of carbonyl (C=O) groups is 1. The molecule has 0 fully saturated rings. The number of sulfonamides is 1. The number of nitrogens with zero attached hydrogens (tertiary/aromatic N) is 1. The van der Waals surface area contributed by atoms with E-state index in [1.807, 2.05) is 13.8 Å². The van der Waals surface area contributed by atoms with E-state index in [0.717, 1.165) is 5.56 Å². The Kier molecular flexibility index (Phi) is 8.30. The van der Waals surface area contributed by atoms with Gasteiger partial charge in [0.05, 0.1) is 33.2 Å². The van der Waals surface area contributed by atoms with Crippen LogP contribution in [0, 0.1) is 0 Å². The maximum atomic E-state index is 12.7. The van der Waals surface area contributed by atoms with E-state index in [1.54, 1.807) is 42.5 Å². The lowest BCUT2D eigenvalue weighted by Crippen LogP contribution is -2.13. The second kappa shape index (κ2) is 11.5. The average molecular weight is 575 g/mol. The summed E-state index contributed by atoms with van der Waals surface area (Å²) in [7, 11) is -2.62. The molecule has 0 radical (unpaired) electrons. The summed E-state index contributed by atoms with van der Waals surface area (Å²) in [6.45, 7) is 4.09. The van der Waals surface area contributed by atoms with Gasteiger partial charge in [0.15, 0.2) is 0 Å². The summed E-state index contributed by atoms with van der Waals surface area (Å²) in [5.74, 6) is 0.641. The van der Waals surface area contributed by atoms with Gasteiger partial charge in [-0.3, -0.25) is 4.72 Å². The molecule has 0 bridgehead atoms. The molecule has 0 aliphatic carbocycles. The SMILES string of the molecule is COC(=O)c1ccc(S(=O)(=O)Nc2ccc(OCc3c(-c4c(Cl)cccc4Cl)noc3C(C)C)cc2)cc1. The summed E-state index contributed by atoms with van der Waals surface area (Å²) >= 11 is 12.8. The van der Waals surface area contributed by atoms with E-state index < -0.39 is 16.0 Å². The molecule has 1 aromatic heterocycles. The molecule has 8 nitrogen and oxygen atoms in total. The summed E-state index contributed by atoms with van der Waals surface area (Å²) in [5, 5.41) is 5.11. The fourth-order valence-electron chi connectivity index (χ4n) is 3.71. The summed E-state index contributed by atoms with van der Waals surface area (Å²) in [4.78, 5) is 11.6. The summed E-state index contributed by atoms with van der Waals surface area (Å²) < 4.78 is 44.2. The molecule has 0 amide bonds. The molecule has 0 aliphatic rings. The van der Waals surface area contributed by atoms with E-state index in [0.29, 0.717) is 38.5 Å². The van der Waals surface area contributed by atoms with Gasteiger partial charge >= 0.3 is 5.97 Å². The van der Waals surface area contributed by atoms with Crippen LogP contribution in [0.3, 0.4) is 0 Å². The predicted molar refractivity (Wildman–Crippen MR) is 145 cm³/mol. The smallest absolute Gasteiger partial charge is 0.337 e. The summed E-state index contributed by atoms with van der Waals surface area (Å²) in [6, 6.07) is 17.1. The monoisotopic (exact) mass is 574 g/mol. The summed E-state index contributed by atoms with van der Waals surface area (Å²) in [6.07, 6.45) is 0. The van der Waals surface area contributed by atoms with Crippen molar-refractivity contribution in [2.75, 3.05) is 11.8 Å². The standard InChI is InChI=1S/C27H24Cl2N2O6S/c1-16(2)26-21(25(30-37-26)24-22(28)5-4-6-23(24)29)15-36-19-11-9-18(10-12-19)31-38(33,34)20-13-7-17(8-14-20)27(32)35-3/h4-14,16,31H,15H2,1-3H3. The zero-order valence-electron chi connectivity index (χ0n) is 20.7. The Labute approximate surface area is 230 Å². The fraction of sp³-hybridized carbons (Fsp3) is 0.185. The molecule has 0 saturated heterocycles. The zero-order valence-corrected chi connectivity index (χ0v) is 23.0. The van der Waals surface area contributed by atoms with Crippen LogP contribution in [0.15, 0.2) is 76.1 Å². The topological polar surface area (TPSA) is 108 Å². The molecule has 4 aromatic rings. The molecule has 1 N–H and O–H groups in total. The molecule has 0 saturated carbocycles. The number of hydrogen-bond acceptors (Lipinski definition) is 7. The Morgan fingerprint density at radius 2 is 1.63 bits per heavy atom. The van der Waals surface area contributed by atoms with Crippen LogP contribution >= 0.6 is 23.2 Å². The maximum absolute atomic E-state index is 12.7. The highest BCUT2D eigenvalue weighted by molar-refractivity contribution is 7.92. The lowest BCUT2D eigenvalue weighted by atomic mass is 10.0. The van der Waals surface area contributed by atoms with Gasteiger partial charge in [-0.05, 0) is 60.7 Å². The van der Waals surface area contributed by atoms with Crippen LogP contribution in [0.25, 0.3) is 11.3 Å². The number of halogens is 2. The van der Waals surface area contributed by atoms with E-state index in [-0.39, 0.29) is 23.0 Å². The van der Waals surface area contributed by atoms with Crippen molar-refractivity contribution in [3.8, 4) is 17.0 Å². The molecule has 0 unspecified atom stereocenters. The largest absolute Gasteiger partial charge is 0.489 e. The Balaban J connectivity index is 1.50. The highest BCUT2D eigenvalue weighted by Crippen LogP contribution is 2.38. The molecule has 3 aromatic carbocycles. The van der Waals surface area contributed by atoms with Crippen LogP contribution in [0.1, 0.15) is 41.4 Å². The van der Waals surface area contributed by atoms with Gasteiger partial charge in [-0.2, -0.15) is 0 Å². The number of aromatic nitrogens is 1. The average Bonchev–Trinajstić information content (AvgIpc) is 3.31. The first kappa shape index (κ1) is 27.5. The van der Waals surface area contributed by atoms with Gasteiger partial charge in [-0.1, -0.05) is 48.3 Å². The number of nitrogens with one attached hydrogen (secondary N) is 1. The van der Waals surface area contributed by atoms with Crippen molar-refractivity contribution < 1.29 is 27.2 Å². The highest BCUT2D eigenvalue weighted by atomic mass is 35.5. The van der Waals surface area contributed by atoms with E-state index in [1.165, 1.54) is 31.4 Å². The van der Waals surface area contributed by atoms with Crippen molar-refractivity contribution in [2.45, 2.75) is 31.3 Å². The number of ether oxygens (including phenoxy) is 2. The Morgan fingerprint density at radius 1 is 1.00 bits per heavy atom. The first-order valence-electron chi connectivity index (χ1n) is 11.5. The summed E-state index contributed by atoms with van der Waals surface area (Å²) in [5.41, 5.74) is 2.38. The van der Waals surface area contributed by atoms with E-state index >= 15 is 0 Å². The van der Waals surface area contributed by atoms with Gasteiger partial charge in [-0.15, -0.1) is 0 Å². The van der Waals surface area contributed by atoms with Crippen LogP contribution in [-0.2, 0) is 21.4 Å². The van der Waals surface area contributed by atoms with E-state index in [4.69, 9.17) is 32.5 Å². The minimum atomic E-state index is -3.87. The lowest BCUT2D eigenvalue weighted by molar-refractivity contribution is 0.0600. The molecule has 0 atom stereocenters. The maximum Gasteiger partial charge on any atom is 0.337 e. The minimum absolute atomic E-state index is 0.00455. The third-order valence-electron chi connectivity index (χ3n) is 5.62. The molecule has 38 heavy (non-hydrogen) atoms. The van der Waals surface area contributed by atoms with Gasteiger partial charge < -0.3 is 14.0 Å². The third kappa shape index (κ3) is 5.96. The molecule has 11 heteroatoms. The van der Waals surface area contributed by atoms with Crippen molar-refractivity contribution in [1.82, 2.24) is 5.16 Å². The number of benzene rings is 3. The number of hydrogen-bond donors (Lipinski definition) is 1.